The van der Waals surface area contributed by atoms with Crippen LogP contribution in [0.4, 0.5) is 0 Å². The number of carbonyl (C=O) groups excluding carboxylic acids is 1. The predicted molar refractivity (Wildman–Crippen MR) is 77.0 cm³/mol. The molecule has 0 amide bonds. The predicted octanol–water partition coefficient (Wildman–Crippen LogP) is 3.36. The van der Waals surface area contributed by atoms with Gasteiger partial charge >= 0.3 is 5.97 Å². The summed E-state index contributed by atoms with van der Waals surface area (Å²) in [4.78, 5) is 15.9. The minimum Gasteiger partial charge on any atom is -0.456 e. The minimum absolute atomic E-state index is 0.138. The fraction of sp³-hybridized carbons (Fsp3) is 0.375. The highest BCUT2D eigenvalue weighted by Crippen LogP contribution is 2.20. The molecule has 1 atom stereocenters. The first kappa shape index (κ1) is 14.3. The van der Waals surface area contributed by atoms with Crippen molar-refractivity contribution in [2.75, 3.05) is 0 Å². The fourth-order valence-corrected chi connectivity index (χ4v) is 2.00. The first-order chi connectivity index (χ1) is 9.79. The van der Waals surface area contributed by atoms with Gasteiger partial charge in [0.15, 0.2) is 0 Å². The zero-order valence-corrected chi connectivity index (χ0v) is 11.7. The van der Waals surface area contributed by atoms with E-state index in [1.54, 1.807) is 12.5 Å². The summed E-state index contributed by atoms with van der Waals surface area (Å²) in [5, 5.41) is 0. The smallest absolute Gasteiger partial charge is 0.306 e. The Balaban J connectivity index is 2.06. The van der Waals surface area contributed by atoms with Gasteiger partial charge in [-0.3, -0.25) is 4.79 Å². The SMILES string of the molecule is CCCCC(=O)OC(Cn1ccnc1)c1ccccc1. The van der Waals surface area contributed by atoms with Crippen molar-refractivity contribution < 1.29 is 9.53 Å². The fourth-order valence-electron chi connectivity index (χ4n) is 2.00. The Morgan fingerprint density at radius 2 is 2.15 bits per heavy atom. The molecule has 0 N–H and O–H groups in total. The molecule has 0 bridgehead atoms. The second-order valence-corrected chi connectivity index (χ2v) is 4.75. The lowest BCUT2D eigenvalue weighted by atomic mass is 10.1. The summed E-state index contributed by atoms with van der Waals surface area (Å²) in [5.41, 5.74) is 1.01. The van der Waals surface area contributed by atoms with Gasteiger partial charge in [-0.2, -0.15) is 0 Å². The number of hydrogen-bond donors (Lipinski definition) is 0. The largest absolute Gasteiger partial charge is 0.456 e. The van der Waals surface area contributed by atoms with Gasteiger partial charge in [-0.25, -0.2) is 4.98 Å². The van der Waals surface area contributed by atoms with E-state index < -0.39 is 0 Å². The Kier molecular flexibility index (Phi) is 5.35. The van der Waals surface area contributed by atoms with Crippen molar-refractivity contribution in [2.24, 2.45) is 0 Å². The van der Waals surface area contributed by atoms with E-state index in [2.05, 4.69) is 11.9 Å². The molecule has 0 aliphatic heterocycles. The lowest BCUT2D eigenvalue weighted by Crippen LogP contribution is -2.16. The van der Waals surface area contributed by atoms with Crippen LogP contribution in [0.25, 0.3) is 0 Å². The number of nitrogens with zero attached hydrogens (tertiary/aromatic N) is 2. The monoisotopic (exact) mass is 272 g/mol. The van der Waals surface area contributed by atoms with E-state index in [-0.39, 0.29) is 12.1 Å². The highest BCUT2D eigenvalue weighted by Gasteiger charge is 2.16. The van der Waals surface area contributed by atoms with Crippen molar-refractivity contribution in [1.29, 1.82) is 0 Å². The molecule has 4 heteroatoms. The molecule has 0 aliphatic carbocycles. The summed E-state index contributed by atoms with van der Waals surface area (Å²) in [5.74, 6) is -0.138. The van der Waals surface area contributed by atoms with Crippen LogP contribution in [0.3, 0.4) is 0 Å². The number of hydrogen-bond acceptors (Lipinski definition) is 3. The van der Waals surface area contributed by atoms with Crippen LogP contribution in [0.15, 0.2) is 49.1 Å². The summed E-state index contributed by atoms with van der Waals surface area (Å²) in [6.07, 6.45) is 7.39. The molecule has 0 saturated heterocycles. The van der Waals surface area contributed by atoms with Gasteiger partial charge in [0.05, 0.1) is 12.9 Å². The molecule has 0 fully saturated rings. The first-order valence-electron chi connectivity index (χ1n) is 6.99. The minimum atomic E-state index is -0.269. The Hall–Kier alpha value is -2.10. The van der Waals surface area contributed by atoms with Crippen molar-refractivity contribution in [1.82, 2.24) is 9.55 Å². The zero-order valence-electron chi connectivity index (χ0n) is 11.7. The summed E-state index contributed by atoms with van der Waals surface area (Å²) in [6.45, 7) is 2.65. The average Bonchev–Trinajstić information content (AvgIpc) is 2.98. The summed E-state index contributed by atoms with van der Waals surface area (Å²) < 4.78 is 7.55. The molecular weight excluding hydrogens is 252 g/mol. The van der Waals surface area contributed by atoms with Gasteiger partial charge in [-0.1, -0.05) is 43.7 Å². The number of benzene rings is 1. The standard InChI is InChI=1S/C16H20N2O2/c1-2-3-9-16(19)20-15(12-18-11-10-17-13-18)14-7-5-4-6-8-14/h4-8,10-11,13,15H,2-3,9,12H2,1H3. The zero-order chi connectivity index (χ0) is 14.2. The second kappa shape index (κ2) is 7.48. The van der Waals surface area contributed by atoms with Crippen molar-refractivity contribution in [3.8, 4) is 0 Å². The van der Waals surface area contributed by atoms with Gasteiger partial charge in [0.25, 0.3) is 0 Å². The highest BCUT2D eigenvalue weighted by atomic mass is 16.5. The lowest BCUT2D eigenvalue weighted by molar-refractivity contribution is -0.150. The van der Waals surface area contributed by atoms with Gasteiger partial charge in [0, 0.05) is 18.8 Å². The molecule has 1 heterocycles. The molecule has 106 valence electrons. The normalized spacial score (nSPS) is 12.1. The molecule has 1 aromatic carbocycles. The first-order valence-corrected chi connectivity index (χ1v) is 6.99. The third-order valence-electron chi connectivity index (χ3n) is 3.12. The van der Waals surface area contributed by atoms with Crippen molar-refractivity contribution in [3.05, 3.63) is 54.6 Å². The Morgan fingerprint density at radius 3 is 2.80 bits per heavy atom. The Labute approximate surface area is 119 Å². The third-order valence-corrected chi connectivity index (χ3v) is 3.12. The third kappa shape index (κ3) is 4.23. The lowest BCUT2D eigenvalue weighted by Gasteiger charge is -2.19. The molecule has 0 radical (unpaired) electrons. The van der Waals surface area contributed by atoms with Crippen molar-refractivity contribution in [3.63, 3.8) is 0 Å². The van der Waals surface area contributed by atoms with Crippen LogP contribution in [-0.2, 0) is 16.1 Å². The molecule has 0 spiro atoms. The van der Waals surface area contributed by atoms with Gasteiger partial charge in [-0.15, -0.1) is 0 Å². The van der Waals surface area contributed by atoms with Gasteiger partial charge in [0.2, 0.25) is 0 Å². The molecule has 0 saturated carbocycles. The molecule has 20 heavy (non-hydrogen) atoms. The number of unbranched alkanes of at least 4 members (excludes halogenated alkanes) is 1. The van der Waals surface area contributed by atoms with Gasteiger partial charge in [-0.05, 0) is 12.0 Å². The van der Waals surface area contributed by atoms with Crippen LogP contribution in [-0.4, -0.2) is 15.5 Å². The summed E-state index contributed by atoms with van der Waals surface area (Å²) in [7, 11) is 0. The summed E-state index contributed by atoms with van der Waals surface area (Å²) >= 11 is 0. The number of imidazole rings is 1. The van der Waals surface area contributed by atoms with E-state index in [0.29, 0.717) is 13.0 Å². The van der Waals surface area contributed by atoms with E-state index >= 15 is 0 Å². The maximum Gasteiger partial charge on any atom is 0.306 e. The molecule has 2 rings (SSSR count). The topological polar surface area (TPSA) is 44.1 Å². The van der Waals surface area contributed by atoms with E-state index in [1.807, 2.05) is 41.1 Å². The van der Waals surface area contributed by atoms with Crippen LogP contribution < -0.4 is 0 Å². The van der Waals surface area contributed by atoms with Crippen LogP contribution >= 0.6 is 0 Å². The number of rotatable bonds is 7. The molecular formula is C16H20N2O2. The van der Waals surface area contributed by atoms with Gasteiger partial charge < -0.3 is 9.30 Å². The molecule has 2 aromatic rings. The molecule has 4 nitrogen and oxygen atoms in total. The van der Waals surface area contributed by atoms with Crippen molar-refractivity contribution >= 4 is 5.97 Å². The van der Waals surface area contributed by atoms with Crippen LogP contribution in [0.1, 0.15) is 37.9 Å². The quantitative estimate of drug-likeness (QED) is 0.726. The van der Waals surface area contributed by atoms with Crippen molar-refractivity contribution in [2.45, 2.75) is 38.8 Å². The van der Waals surface area contributed by atoms with Crippen LogP contribution in [0.5, 0.6) is 0 Å². The number of carbonyl (C=O) groups is 1. The van der Waals surface area contributed by atoms with E-state index in [9.17, 15) is 4.79 Å². The molecule has 1 unspecified atom stereocenters. The molecule has 0 aliphatic rings. The maximum absolute atomic E-state index is 11.9. The van der Waals surface area contributed by atoms with Crippen LogP contribution in [0.2, 0.25) is 0 Å². The number of ether oxygens (including phenoxy) is 1. The van der Waals surface area contributed by atoms with E-state index in [4.69, 9.17) is 4.74 Å². The van der Waals surface area contributed by atoms with Crippen LogP contribution in [0, 0.1) is 0 Å². The van der Waals surface area contributed by atoms with E-state index in [0.717, 1.165) is 18.4 Å². The maximum atomic E-state index is 11.9. The second-order valence-electron chi connectivity index (χ2n) is 4.75. The Morgan fingerprint density at radius 1 is 1.35 bits per heavy atom. The average molecular weight is 272 g/mol. The number of aromatic nitrogens is 2. The Bertz CT molecular complexity index is 509. The highest BCUT2D eigenvalue weighted by molar-refractivity contribution is 5.69. The number of esters is 1. The van der Waals surface area contributed by atoms with Gasteiger partial charge in [0.1, 0.15) is 6.10 Å². The molecule has 1 aromatic heterocycles. The summed E-state index contributed by atoms with van der Waals surface area (Å²) in [6, 6.07) is 9.83. The van der Waals surface area contributed by atoms with E-state index in [1.165, 1.54) is 0 Å².